The third-order valence-electron chi connectivity index (χ3n) is 2.34. The number of anilines is 1. The standard InChI is InChI=1S/C13H8F4INO2/c14-9-5-12(11(19)6-10(9)18)20-7-1-3-8(4-2-7)21-13(15,16)17/h1-6H,19H2. The predicted octanol–water partition coefficient (Wildman–Crippen LogP) is 4.70. The molecule has 0 aliphatic carbocycles. The molecule has 0 atom stereocenters. The van der Waals surface area contributed by atoms with Crippen LogP contribution in [-0.2, 0) is 0 Å². The zero-order valence-electron chi connectivity index (χ0n) is 10.2. The van der Waals surface area contributed by atoms with Crippen LogP contribution in [0.1, 0.15) is 0 Å². The Hall–Kier alpha value is -1.71. The van der Waals surface area contributed by atoms with E-state index >= 15 is 0 Å². The summed E-state index contributed by atoms with van der Waals surface area (Å²) in [5, 5.41) is 0. The molecule has 112 valence electrons. The zero-order chi connectivity index (χ0) is 15.6. The van der Waals surface area contributed by atoms with Gasteiger partial charge >= 0.3 is 6.36 Å². The van der Waals surface area contributed by atoms with Gasteiger partial charge in [-0.3, -0.25) is 0 Å². The molecular weight excluding hydrogens is 405 g/mol. The van der Waals surface area contributed by atoms with Crippen molar-refractivity contribution in [3.8, 4) is 17.2 Å². The fourth-order valence-corrected chi connectivity index (χ4v) is 1.96. The Labute approximate surface area is 130 Å². The minimum absolute atomic E-state index is 0.0809. The van der Waals surface area contributed by atoms with Crippen LogP contribution in [0, 0.1) is 9.39 Å². The summed E-state index contributed by atoms with van der Waals surface area (Å²) in [4.78, 5) is 0. The van der Waals surface area contributed by atoms with Crippen LogP contribution in [0.2, 0.25) is 0 Å². The number of hydrogen-bond donors (Lipinski definition) is 1. The van der Waals surface area contributed by atoms with Crippen molar-refractivity contribution < 1.29 is 27.0 Å². The summed E-state index contributed by atoms with van der Waals surface area (Å²) >= 11 is 1.78. The molecule has 0 aromatic heterocycles. The van der Waals surface area contributed by atoms with Gasteiger partial charge in [0.2, 0.25) is 0 Å². The summed E-state index contributed by atoms with van der Waals surface area (Å²) in [5.74, 6) is -0.595. The van der Waals surface area contributed by atoms with Gasteiger partial charge in [-0.05, 0) is 52.9 Å². The van der Waals surface area contributed by atoms with Gasteiger partial charge in [0.05, 0.1) is 9.26 Å². The molecular formula is C13H8F4INO2. The third kappa shape index (κ3) is 4.38. The maximum Gasteiger partial charge on any atom is 0.573 e. The van der Waals surface area contributed by atoms with Gasteiger partial charge in [-0.1, -0.05) is 0 Å². The minimum atomic E-state index is -4.76. The maximum atomic E-state index is 13.4. The van der Waals surface area contributed by atoms with Crippen LogP contribution in [0.25, 0.3) is 0 Å². The van der Waals surface area contributed by atoms with E-state index in [0.29, 0.717) is 3.57 Å². The molecule has 0 saturated carbocycles. The van der Waals surface area contributed by atoms with E-state index in [1.807, 2.05) is 0 Å². The van der Waals surface area contributed by atoms with E-state index < -0.39 is 12.2 Å². The van der Waals surface area contributed by atoms with Crippen molar-refractivity contribution in [2.75, 3.05) is 5.73 Å². The van der Waals surface area contributed by atoms with Crippen molar-refractivity contribution >= 4 is 28.3 Å². The van der Waals surface area contributed by atoms with Crippen LogP contribution in [0.3, 0.4) is 0 Å². The molecule has 0 unspecified atom stereocenters. The van der Waals surface area contributed by atoms with Crippen LogP contribution in [-0.4, -0.2) is 6.36 Å². The van der Waals surface area contributed by atoms with Crippen molar-refractivity contribution in [2.45, 2.75) is 6.36 Å². The molecule has 0 amide bonds. The first-order valence-electron chi connectivity index (χ1n) is 5.53. The number of nitrogens with two attached hydrogens (primary N) is 1. The van der Waals surface area contributed by atoms with E-state index in [-0.39, 0.29) is 22.9 Å². The average molecular weight is 413 g/mol. The minimum Gasteiger partial charge on any atom is -0.455 e. The largest absolute Gasteiger partial charge is 0.573 e. The fourth-order valence-electron chi connectivity index (χ4n) is 1.47. The second-order valence-corrected chi connectivity index (χ2v) is 5.09. The van der Waals surface area contributed by atoms with Crippen molar-refractivity contribution in [1.82, 2.24) is 0 Å². The van der Waals surface area contributed by atoms with Gasteiger partial charge in [-0.2, -0.15) is 0 Å². The van der Waals surface area contributed by atoms with Crippen molar-refractivity contribution in [2.24, 2.45) is 0 Å². The second-order valence-electron chi connectivity index (χ2n) is 3.93. The SMILES string of the molecule is Nc1cc(I)c(F)cc1Oc1ccc(OC(F)(F)F)cc1. The molecule has 0 bridgehead atoms. The monoisotopic (exact) mass is 413 g/mol. The van der Waals surface area contributed by atoms with Gasteiger partial charge in [0, 0.05) is 6.07 Å². The lowest BCUT2D eigenvalue weighted by Gasteiger charge is -2.11. The van der Waals surface area contributed by atoms with E-state index in [9.17, 15) is 17.6 Å². The topological polar surface area (TPSA) is 44.5 Å². The Balaban J connectivity index is 2.16. The van der Waals surface area contributed by atoms with Crippen LogP contribution >= 0.6 is 22.6 Å². The average Bonchev–Trinajstić information content (AvgIpc) is 2.36. The van der Waals surface area contributed by atoms with Crippen LogP contribution in [0.4, 0.5) is 23.2 Å². The first-order valence-corrected chi connectivity index (χ1v) is 6.60. The second kappa shape index (κ2) is 5.96. The Morgan fingerprint density at radius 3 is 2.14 bits per heavy atom. The van der Waals surface area contributed by atoms with E-state index in [1.54, 1.807) is 22.6 Å². The summed E-state index contributed by atoms with van der Waals surface area (Å²) < 4.78 is 58.8. The van der Waals surface area contributed by atoms with Crippen molar-refractivity contribution in [1.29, 1.82) is 0 Å². The molecule has 8 heteroatoms. The molecule has 0 radical (unpaired) electrons. The third-order valence-corrected chi connectivity index (χ3v) is 3.16. The quantitative estimate of drug-likeness (QED) is 0.451. The lowest BCUT2D eigenvalue weighted by Crippen LogP contribution is -2.16. The van der Waals surface area contributed by atoms with E-state index in [4.69, 9.17) is 10.5 Å². The molecule has 0 fully saturated rings. The van der Waals surface area contributed by atoms with Crippen LogP contribution in [0.15, 0.2) is 36.4 Å². The lowest BCUT2D eigenvalue weighted by molar-refractivity contribution is -0.274. The van der Waals surface area contributed by atoms with Crippen LogP contribution < -0.4 is 15.2 Å². The normalized spacial score (nSPS) is 11.3. The molecule has 3 nitrogen and oxygen atoms in total. The Morgan fingerprint density at radius 1 is 1.00 bits per heavy atom. The maximum absolute atomic E-state index is 13.4. The summed E-state index contributed by atoms with van der Waals surface area (Å²) in [7, 11) is 0. The Morgan fingerprint density at radius 2 is 1.57 bits per heavy atom. The fraction of sp³-hybridized carbons (Fsp3) is 0.0769. The number of nitrogen functional groups attached to an aromatic ring is 1. The highest BCUT2D eigenvalue weighted by Gasteiger charge is 2.30. The molecule has 2 aromatic rings. The van der Waals surface area contributed by atoms with Gasteiger partial charge in [-0.15, -0.1) is 13.2 Å². The number of rotatable bonds is 3. The Bertz CT molecular complexity index is 644. The summed E-state index contributed by atoms with van der Waals surface area (Å²) in [6, 6.07) is 7.19. The number of ether oxygens (including phenoxy) is 2. The van der Waals surface area contributed by atoms with Gasteiger partial charge in [0.15, 0.2) is 5.75 Å². The van der Waals surface area contributed by atoms with Crippen molar-refractivity contribution in [3.05, 3.63) is 45.8 Å². The highest BCUT2D eigenvalue weighted by atomic mass is 127. The Kier molecular flexibility index (Phi) is 4.45. The van der Waals surface area contributed by atoms with Gasteiger partial charge in [0.25, 0.3) is 0 Å². The van der Waals surface area contributed by atoms with Crippen molar-refractivity contribution in [3.63, 3.8) is 0 Å². The molecule has 0 aliphatic heterocycles. The summed E-state index contributed by atoms with van der Waals surface area (Å²) in [6.07, 6.45) is -4.76. The number of halogens is 5. The van der Waals surface area contributed by atoms with Gasteiger partial charge < -0.3 is 15.2 Å². The number of alkyl halides is 3. The highest BCUT2D eigenvalue weighted by Crippen LogP contribution is 2.32. The van der Waals surface area contributed by atoms with E-state index in [2.05, 4.69) is 4.74 Å². The molecule has 0 spiro atoms. The van der Waals surface area contributed by atoms with E-state index in [1.165, 1.54) is 18.2 Å². The molecule has 0 aliphatic rings. The molecule has 21 heavy (non-hydrogen) atoms. The van der Waals surface area contributed by atoms with Crippen LogP contribution in [0.5, 0.6) is 17.2 Å². The lowest BCUT2D eigenvalue weighted by atomic mass is 10.3. The molecule has 0 heterocycles. The highest BCUT2D eigenvalue weighted by molar-refractivity contribution is 14.1. The summed E-state index contributed by atoms with van der Waals surface area (Å²) in [6.45, 7) is 0. The zero-order valence-corrected chi connectivity index (χ0v) is 12.4. The smallest absolute Gasteiger partial charge is 0.455 e. The first-order chi connectivity index (χ1) is 9.74. The first kappa shape index (κ1) is 15.7. The number of benzene rings is 2. The molecule has 2 N–H and O–H groups in total. The molecule has 2 aromatic carbocycles. The number of hydrogen-bond acceptors (Lipinski definition) is 3. The summed E-state index contributed by atoms with van der Waals surface area (Å²) in [5.41, 5.74) is 5.90. The van der Waals surface area contributed by atoms with Gasteiger partial charge in [-0.25, -0.2) is 4.39 Å². The molecule has 2 rings (SSSR count). The molecule has 0 saturated heterocycles. The van der Waals surface area contributed by atoms with Gasteiger partial charge in [0.1, 0.15) is 17.3 Å². The van der Waals surface area contributed by atoms with E-state index in [0.717, 1.165) is 18.2 Å². The predicted molar refractivity (Wildman–Crippen MR) is 76.7 cm³/mol.